The highest BCUT2D eigenvalue weighted by atomic mass is 32.1. The van der Waals surface area contributed by atoms with Gasteiger partial charge in [-0.15, -0.1) is 22.7 Å². The summed E-state index contributed by atoms with van der Waals surface area (Å²) < 4.78 is 31.8. The van der Waals surface area contributed by atoms with Crippen LogP contribution in [-0.4, -0.2) is 46.3 Å². The number of carbonyl (C=O) groups excluding carboxylic acids is 1. The average molecular weight is 613 g/mol. The molecule has 0 saturated carbocycles. The van der Waals surface area contributed by atoms with E-state index in [1.165, 1.54) is 40.4 Å². The molecule has 2 aromatic carbocycles. The van der Waals surface area contributed by atoms with Crippen LogP contribution in [0.2, 0.25) is 0 Å². The molecule has 0 spiro atoms. The summed E-state index contributed by atoms with van der Waals surface area (Å²) in [6.45, 7) is 1.71. The number of aryl methyl sites for hydroxylation is 1. The van der Waals surface area contributed by atoms with Crippen molar-refractivity contribution in [2.45, 2.75) is 20.0 Å². The van der Waals surface area contributed by atoms with Crippen molar-refractivity contribution in [2.75, 3.05) is 26.5 Å². The van der Waals surface area contributed by atoms with E-state index < -0.39 is 35.5 Å². The average Bonchev–Trinajstić information content (AvgIpc) is 3.52. The third-order valence-electron chi connectivity index (χ3n) is 6.33. The van der Waals surface area contributed by atoms with E-state index in [4.69, 9.17) is 0 Å². The zero-order chi connectivity index (χ0) is 30.1. The van der Waals surface area contributed by atoms with Gasteiger partial charge in [-0.2, -0.15) is 0 Å². The lowest BCUT2D eigenvalue weighted by Gasteiger charge is -2.14. The molecule has 0 aliphatic carbocycles. The lowest BCUT2D eigenvalue weighted by molar-refractivity contribution is 0.114. The number of nitrogens with zero attached hydrogens (tertiary/aromatic N) is 4. The number of rotatable bonds is 8. The maximum atomic E-state index is 14.8. The summed E-state index contributed by atoms with van der Waals surface area (Å²) in [5.74, 6) is -1.60. The van der Waals surface area contributed by atoms with Crippen molar-refractivity contribution in [1.29, 1.82) is 0 Å². The lowest BCUT2D eigenvalue weighted by atomic mass is 10.1. The predicted molar refractivity (Wildman–Crippen MR) is 160 cm³/mol. The molecule has 0 bridgehead atoms. The van der Waals surface area contributed by atoms with Gasteiger partial charge >= 0.3 is 11.7 Å². The molecule has 0 unspecified atom stereocenters. The standard InChI is InChI=1S/C28H26F2N6O4S2/c1-15-12-31-27(41-15)36-24(37)22-19(13-34(2)3)23(16-8-10-17(11-9-16)32-26(38)33-40-4)42-25(22)35(28(36)39)14-18-20(29)6-5-7-21(18)30/h5-12H,13-14H2,1-4H3,(H2,32,33,38). The Balaban J connectivity index is 1.78. The quantitative estimate of drug-likeness (QED) is 0.246. The Labute approximate surface area is 246 Å². The second-order valence-corrected chi connectivity index (χ2v) is 11.8. The van der Waals surface area contributed by atoms with Gasteiger partial charge in [0.1, 0.15) is 16.5 Å². The molecule has 42 heavy (non-hydrogen) atoms. The van der Waals surface area contributed by atoms with Gasteiger partial charge in [0.15, 0.2) is 0 Å². The summed E-state index contributed by atoms with van der Waals surface area (Å²) >= 11 is 2.35. The van der Waals surface area contributed by atoms with Crippen molar-refractivity contribution in [3.63, 3.8) is 0 Å². The van der Waals surface area contributed by atoms with Gasteiger partial charge < -0.3 is 10.2 Å². The van der Waals surface area contributed by atoms with Crippen LogP contribution in [0.5, 0.6) is 0 Å². The van der Waals surface area contributed by atoms with E-state index in [1.807, 2.05) is 19.0 Å². The van der Waals surface area contributed by atoms with Crippen LogP contribution < -0.4 is 22.0 Å². The number of halogens is 2. The van der Waals surface area contributed by atoms with Crippen molar-refractivity contribution in [2.24, 2.45) is 0 Å². The molecule has 0 atom stereocenters. The molecule has 5 rings (SSSR count). The molecule has 218 valence electrons. The van der Waals surface area contributed by atoms with E-state index in [-0.39, 0.29) is 20.9 Å². The third-order valence-corrected chi connectivity index (χ3v) is 8.53. The van der Waals surface area contributed by atoms with Crippen molar-refractivity contribution >= 4 is 44.6 Å². The fraction of sp³-hybridized carbons (Fsp3) is 0.214. The van der Waals surface area contributed by atoms with Crippen LogP contribution in [0.1, 0.15) is 16.0 Å². The van der Waals surface area contributed by atoms with Crippen LogP contribution in [0.4, 0.5) is 19.3 Å². The molecular weight excluding hydrogens is 586 g/mol. The molecule has 0 saturated heterocycles. The lowest BCUT2D eigenvalue weighted by Crippen LogP contribution is -2.39. The number of amides is 2. The van der Waals surface area contributed by atoms with Crippen molar-refractivity contribution in [3.8, 4) is 15.6 Å². The molecule has 0 aliphatic heterocycles. The number of urea groups is 1. The number of hydrogen-bond acceptors (Lipinski definition) is 8. The highest BCUT2D eigenvalue weighted by Crippen LogP contribution is 2.38. The van der Waals surface area contributed by atoms with E-state index in [2.05, 4.69) is 20.6 Å². The smallest absolute Gasteiger partial charge is 0.306 e. The Hall–Kier alpha value is -4.24. The van der Waals surface area contributed by atoms with Crippen LogP contribution in [0, 0.1) is 18.6 Å². The van der Waals surface area contributed by atoms with Gasteiger partial charge in [-0.05, 0) is 56.4 Å². The van der Waals surface area contributed by atoms with Crippen LogP contribution in [0.15, 0.2) is 58.3 Å². The van der Waals surface area contributed by atoms with E-state index >= 15 is 0 Å². The van der Waals surface area contributed by atoms with Crippen LogP contribution in [0.25, 0.3) is 25.8 Å². The number of thiophene rings is 1. The first kappa shape index (κ1) is 29.3. The Morgan fingerprint density at radius 2 is 1.74 bits per heavy atom. The number of aromatic nitrogens is 3. The van der Waals surface area contributed by atoms with Crippen molar-refractivity contribution in [1.82, 2.24) is 24.5 Å². The van der Waals surface area contributed by atoms with Crippen molar-refractivity contribution < 1.29 is 18.4 Å². The number of hydroxylamine groups is 1. The number of thiazole rings is 1. The molecular formula is C28H26F2N6O4S2. The summed E-state index contributed by atoms with van der Waals surface area (Å²) in [7, 11) is 5.02. The highest BCUT2D eigenvalue weighted by Gasteiger charge is 2.26. The van der Waals surface area contributed by atoms with Gasteiger partial charge in [0.2, 0.25) is 5.13 Å². The second-order valence-electron chi connectivity index (χ2n) is 9.63. The van der Waals surface area contributed by atoms with Gasteiger partial charge in [0.25, 0.3) is 5.56 Å². The normalized spacial score (nSPS) is 11.4. The topological polar surface area (TPSA) is 110 Å². The predicted octanol–water partition coefficient (Wildman–Crippen LogP) is 4.72. The number of carbonyl (C=O) groups is 1. The molecule has 0 radical (unpaired) electrons. The Morgan fingerprint density at radius 1 is 1.05 bits per heavy atom. The van der Waals surface area contributed by atoms with Gasteiger partial charge in [-0.1, -0.05) is 18.2 Å². The third kappa shape index (κ3) is 5.61. The second kappa shape index (κ2) is 11.9. The van der Waals surface area contributed by atoms with Gasteiger partial charge in [-0.25, -0.2) is 33.4 Å². The van der Waals surface area contributed by atoms with E-state index in [0.29, 0.717) is 22.7 Å². The fourth-order valence-corrected chi connectivity index (χ4v) is 6.57. The Bertz CT molecular complexity index is 1890. The zero-order valence-electron chi connectivity index (χ0n) is 23.0. The minimum Gasteiger partial charge on any atom is -0.306 e. The Morgan fingerprint density at radius 3 is 2.33 bits per heavy atom. The number of nitrogens with one attached hydrogen (secondary N) is 2. The molecule has 14 heteroatoms. The van der Waals surface area contributed by atoms with Crippen molar-refractivity contribution in [3.05, 3.63) is 97.1 Å². The molecule has 10 nitrogen and oxygen atoms in total. The first-order valence-electron chi connectivity index (χ1n) is 12.6. The number of hydrogen-bond donors (Lipinski definition) is 2. The Kier molecular flexibility index (Phi) is 8.31. The summed E-state index contributed by atoms with van der Waals surface area (Å²) in [5, 5.41) is 3.06. The highest BCUT2D eigenvalue weighted by molar-refractivity contribution is 7.22. The maximum Gasteiger partial charge on any atom is 0.343 e. The molecule has 3 heterocycles. The largest absolute Gasteiger partial charge is 0.343 e. The maximum absolute atomic E-state index is 14.8. The van der Waals surface area contributed by atoms with E-state index in [1.54, 1.807) is 37.4 Å². The first-order valence-corrected chi connectivity index (χ1v) is 14.2. The van der Waals surface area contributed by atoms with Gasteiger partial charge in [-0.3, -0.25) is 14.2 Å². The minimum atomic E-state index is -0.802. The number of anilines is 1. The summed E-state index contributed by atoms with van der Waals surface area (Å²) in [6.07, 6.45) is 1.55. The molecule has 2 N–H and O–H groups in total. The summed E-state index contributed by atoms with van der Waals surface area (Å²) in [4.78, 5) is 52.3. The number of benzene rings is 2. The van der Waals surface area contributed by atoms with E-state index in [9.17, 15) is 23.2 Å². The van der Waals surface area contributed by atoms with Crippen LogP contribution in [-0.2, 0) is 17.9 Å². The molecule has 3 aromatic heterocycles. The van der Waals surface area contributed by atoms with E-state index in [0.717, 1.165) is 27.1 Å². The van der Waals surface area contributed by atoms with Gasteiger partial charge in [0, 0.05) is 33.7 Å². The minimum absolute atomic E-state index is 0.167. The zero-order valence-corrected chi connectivity index (χ0v) is 24.7. The SMILES string of the molecule is CONC(=O)Nc1ccc(-c2sc3c(c2CN(C)C)c(=O)n(-c2ncc(C)s2)c(=O)n3Cc2c(F)cccc2F)cc1. The molecule has 5 aromatic rings. The van der Waals surface area contributed by atoms with Crippen LogP contribution >= 0.6 is 22.7 Å². The fourth-order valence-electron chi connectivity index (χ4n) is 4.52. The van der Waals surface area contributed by atoms with Gasteiger partial charge in [0.05, 0.1) is 19.0 Å². The molecule has 2 amide bonds. The monoisotopic (exact) mass is 612 g/mol. The molecule has 0 aliphatic rings. The number of fused-ring (bicyclic) bond motifs is 1. The van der Waals surface area contributed by atoms with Crippen LogP contribution in [0.3, 0.4) is 0 Å². The summed E-state index contributed by atoms with van der Waals surface area (Å²) in [6, 6.07) is 9.87. The molecule has 0 fully saturated rings. The summed E-state index contributed by atoms with van der Waals surface area (Å²) in [5.41, 5.74) is 2.42. The first-order chi connectivity index (χ1) is 20.1.